The Morgan fingerprint density at radius 1 is 1.03 bits per heavy atom. The fourth-order valence-electron chi connectivity index (χ4n) is 3.96. The van der Waals surface area contributed by atoms with Crippen molar-refractivity contribution in [3.63, 3.8) is 0 Å². The molecule has 0 heterocycles. The number of hydrogen-bond donors (Lipinski definition) is 2. The molecule has 1 aliphatic carbocycles. The van der Waals surface area contributed by atoms with Gasteiger partial charge in [0.1, 0.15) is 15.9 Å². The zero-order chi connectivity index (χ0) is 22.2. The van der Waals surface area contributed by atoms with E-state index in [9.17, 15) is 18.1 Å². The molecule has 0 aromatic heterocycles. The lowest BCUT2D eigenvalue weighted by Crippen LogP contribution is -3.06. The van der Waals surface area contributed by atoms with E-state index in [1.165, 1.54) is 41.1 Å². The normalized spacial score (nSPS) is 16.5. The molecule has 0 aliphatic heterocycles. The summed E-state index contributed by atoms with van der Waals surface area (Å²) in [5, 5.41) is 11.1. The molecular formula is C23H35NO6S. The number of methoxy groups -OCH3 is 1. The van der Waals surface area contributed by atoms with E-state index in [2.05, 4.69) is 26.2 Å². The van der Waals surface area contributed by atoms with E-state index in [1.54, 1.807) is 13.2 Å². The van der Waals surface area contributed by atoms with Crippen LogP contribution in [0.15, 0.2) is 59.5 Å². The minimum absolute atomic E-state index is 0. The van der Waals surface area contributed by atoms with Crippen molar-refractivity contribution in [1.82, 2.24) is 0 Å². The first-order valence-corrected chi connectivity index (χ1v) is 11.7. The van der Waals surface area contributed by atoms with Crippen molar-refractivity contribution < 1.29 is 33.2 Å². The van der Waals surface area contributed by atoms with Gasteiger partial charge in [0.25, 0.3) is 0 Å². The zero-order valence-corrected chi connectivity index (χ0v) is 19.3. The van der Waals surface area contributed by atoms with E-state index < -0.39 is 15.7 Å². The highest BCUT2D eigenvalue weighted by atomic mass is 32.2. The summed E-state index contributed by atoms with van der Waals surface area (Å²) in [5.41, 5.74) is 0.695. The van der Waals surface area contributed by atoms with Crippen LogP contribution in [0.3, 0.4) is 0 Å². The topological polar surface area (TPSA) is 123 Å². The average molecular weight is 454 g/mol. The van der Waals surface area contributed by atoms with Crippen molar-refractivity contribution in [2.45, 2.75) is 48.5 Å². The third-order valence-electron chi connectivity index (χ3n) is 5.53. The minimum atomic E-state index is -4.25. The summed E-state index contributed by atoms with van der Waals surface area (Å²) in [6, 6.07) is 15.4. The quantitative estimate of drug-likeness (QED) is 0.640. The lowest BCUT2D eigenvalue weighted by molar-refractivity contribution is -0.860. The molecular weight excluding hydrogens is 418 g/mol. The van der Waals surface area contributed by atoms with Gasteiger partial charge in [-0.1, -0.05) is 49.6 Å². The maximum atomic E-state index is 11.1. The molecule has 8 heteroatoms. The molecule has 1 aliphatic rings. The Bertz CT molecular complexity index is 863. The van der Waals surface area contributed by atoms with Crippen LogP contribution in [0.4, 0.5) is 0 Å². The van der Waals surface area contributed by atoms with Crippen molar-refractivity contribution in [1.29, 1.82) is 0 Å². The molecule has 0 radical (unpaired) electrons. The third-order valence-corrected chi connectivity index (χ3v) is 6.38. The predicted octanol–water partition coefficient (Wildman–Crippen LogP) is 1.38. The SMILES string of the molecule is COc1ccc([C@@H](C[NH+](C)C)C2(O)CCCCC2)cc1.O.O=S(=O)([O-])c1ccccc1. The molecule has 2 aromatic rings. The maximum Gasteiger partial charge on any atom is 0.124 e. The van der Waals surface area contributed by atoms with E-state index in [-0.39, 0.29) is 16.3 Å². The number of rotatable bonds is 6. The molecule has 2 aromatic carbocycles. The molecule has 0 spiro atoms. The van der Waals surface area contributed by atoms with Crippen molar-refractivity contribution in [2.24, 2.45) is 0 Å². The van der Waals surface area contributed by atoms with Crippen molar-refractivity contribution in [3.05, 3.63) is 60.2 Å². The van der Waals surface area contributed by atoms with Gasteiger partial charge in [-0.25, -0.2) is 8.42 Å². The number of quaternary nitrogens is 1. The van der Waals surface area contributed by atoms with E-state index in [1.807, 2.05) is 12.1 Å². The lowest BCUT2D eigenvalue weighted by atomic mass is 9.72. The lowest BCUT2D eigenvalue weighted by Gasteiger charge is -2.39. The van der Waals surface area contributed by atoms with Crippen LogP contribution in [-0.2, 0) is 10.1 Å². The predicted molar refractivity (Wildman–Crippen MR) is 119 cm³/mol. The Hall–Kier alpha value is -1.97. The molecule has 0 unspecified atom stereocenters. The second-order valence-corrected chi connectivity index (χ2v) is 9.55. The highest BCUT2D eigenvalue weighted by Crippen LogP contribution is 2.39. The summed E-state index contributed by atoms with van der Waals surface area (Å²) in [6.45, 7) is 0.961. The van der Waals surface area contributed by atoms with Crippen LogP contribution in [0, 0.1) is 0 Å². The number of hydrogen-bond acceptors (Lipinski definition) is 5. The smallest absolute Gasteiger partial charge is 0.124 e. The van der Waals surface area contributed by atoms with Crippen LogP contribution < -0.4 is 9.64 Å². The Morgan fingerprint density at radius 3 is 2.00 bits per heavy atom. The highest BCUT2D eigenvalue weighted by Gasteiger charge is 2.40. The number of benzene rings is 2. The van der Waals surface area contributed by atoms with E-state index in [4.69, 9.17) is 4.74 Å². The minimum Gasteiger partial charge on any atom is -0.744 e. The first-order valence-electron chi connectivity index (χ1n) is 10.3. The molecule has 0 bridgehead atoms. The van der Waals surface area contributed by atoms with Gasteiger partial charge in [0.15, 0.2) is 0 Å². The Kier molecular flexibility index (Phi) is 10.6. The molecule has 174 valence electrons. The number of ether oxygens (including phenoxy) is 1. The van der Waals surface area contributed by atoms with Crippen molar-refractivity contribution in [2.75, 3.05) is 27.7 Å². The second-order valence-electron chi connectivity index (χ2n) is 8.17. The van der Waals surface area contributed by atoms with Gasteiger partial charge < -0.3 is 24.8 Å². The number of nitrogens with one attached hydrogen (secondary N) is 1. The fraction of sp³-hybridized carbons (Fsp3) is 0.478. The van der Waals surface area contributed by atoms with Crippen LogP contribution in [-0.4, -0.2) is 56.9 Å². The molecule has 1 atom stereocenters. The van der Waals surface area contributed by atoms with Gasteiger partial charge in [0.2, 0.25) is 0 Å². The van der Waals surface area contributed by atoms with Gasteiger partial charge in [-0.05, 0) is 42.7 Å². The summed E-state index contributed by atoms with van der Waals surface area (Å²) < 4.78 is 36.1. The van der Waals surface area contributed by atoms with Crippen LogP contribution >= 0.6 is 0 Å². The second kappa shape index (κ2) is 12.2. The maximum absolute atomic E-state index is 11.1. The van der Waals surface area contributed by atoms with Crippen molar-refractivity contribution in [3.8, 4) is 5.75 Å². The molecule has 0 amide bonds. The summed E-state index contributed by atoms with van der Waals surface area (Å²) in [5.74, 6) is 1.08. The van der Waals surface area contributed by atoms with E-state index >= 15 is 0 Å². The van der Waals surface area contributed by atoms with Gasteiger partial charge in [-0.3, -0.25) is 0 Å². The van der Waals surface area contributed by atoms with Gasteiger partial charge in [-0.2, -0.15) is 0 Å². The summed E-state index contributed by atoms with van der Waals surface area (Å²) >= 11 is 0. The fourth-order valence-corrected chi connectivity index (χ4v) is 4.45. The Balaban J connectivity index is 0.000000370. The first kappa shape index (κ1) is 27.1. The van der Waals surface area contributed by atoms with Crippen LogP contribution in [0.2, 0.25) is 0 Å². The number of aliphatic hydroxyl groups is 1. The monoisotopic (exact) mass is 453 g/mol. The molecule has 7 nitrogen and oxygen atoms in total. The van der Waals surface area contributed by atoms with E-state index in [0.29, 0.717) is 0 Å². The van der Waals surface area contributed by atoms with Crippen LogP contribution in [0.1, 0.15) is 43.6 Å². The molecule has 1 fully saturated rings. The Labute approximate surface area is 185 Å². The average Bonchev–Trinajstić information content (AvgIpc) is 2.73. The van der Waals surface area contributed by atoms with Gasteiger partial charge >= 0.3 is 0 Å². The molecule has 4 N–H and O–H groups in total. The number of likely N-dealkylation sites (N-methyl/N-ethyl adjacent to an activating group) is 1. The van der Waals surface area contributed by atoms with Gasteiger partial charge in [-0.15, -0.1) is 0 Å². The van der Waals surface area contributed by atoms with E-state index in [0.717, 1.165) is 38.0 Å². The first-order chi connectivity index (χ1) is 14.2. The zero-order valence-electron chi connectivity index (χ0n) is 18.5. The standard InChI is InChI=1S/C17H27NO2.C6H6O3S.H2O/c1-18(2)13-16(17(19)11-5-4-6-12-17)14-7-9-15(20-3)10-8-14;7-10(8,9)6-4-2-1-3-5-6;/h7-10,16,19H,4-6,11-13H2,1-3H3;1-5H,(H,7,8,9);1H2/t16-;;/m1../s1. The summed E-state index contributed by atoms with van der Waals surface area (Å²) in [6.07, 6.45) is 5.40. The molecule has 1 saturated carbocycles. The summed E-state index contributed by atoms with van der Waals surface area (Å²) in [7, 11) is 1.74. The molecule has 31 heavy (non-hydrogen) atoms. The Morgan fingerprint density at radius 2 is 1.58 bits per heavy atom. The van der Waals surface area contributed by atoms with Crippen LogP contribution in [0.5, 0.6) is 5.75 Å². The van der Waals surface area contributed by atoms with Gasteiger partial charge in [0.05, 0.1) is 44.2 Å². The molecule has 0 saturated heterocycles. The van der Waals surface area contributed by atoms with Crippen LogP contribution in [0.25, 0.3) is 0 Å². The highest BCUT2D eigenvalue weighted by molar-refractivity contribution is 7.85. The molecule has 3 rings (SSSR count). The third kappa shape index (κ3) is 8.23. The summed E-state index contributed by atoms with van der Waals surface area (Å²) in [4.78, 5) is 1.19. The van der Waals surface area contributed by atoms with Gasteiger partial charge in [0, 0.05) is 0 Å². The van der Waals surface area contributed by atoms with Crippen molar-refractivity contribution >= 4 is 10.1 Å². The largest absolute Gasteiger partial charge is 0.744 e.